The number of hydrogen-bond acceptors (Lipinski definition) is 7. The largest absolute Gasteiger partial charge is 0.479 e. The first kappa shape index (κ1) is 22.0. The van der Waals surface area contributed by atoms with Gasteiger partial charge in [-0.3, -0.25) is 9.71 Å². The molecule has 1 N–H and O–H groups in total. The molecule has 0 amide bonds. The Morgan fingerprint density at radius 2 is 2.00 bits per heavy atom. The van der Waals surface area contributed by atoms with Crippen molar-refractivity contribution >= 4 is 15.7 Å². The minimum atomic E-state index is -3.81. The topological polar surface area (TPSA) is 93.7 Å². The first-order valence-corrected chi connectivity index (χ1v) is 12.2. The normalized spacial score (nSPS) is 21.6. The van der Waals surface area contributed by atoms with Gasteiger partial charge in [0.1, 0.15) is 10.6 Å². The molecule has 0 spiro atoms. The van der Waals surface area contributed by atoms with E-state index in [-0.39, 0.29) is 16.9 Å². The van der Waals surface area contributed by atoms with Crippen LogP contribution in [-0.2, 0) is 27.6 Å². The zero-order valence-corrected chi connectivity index (χ0v) is 19.1. The van der Waals surface area contributed by atoms with E-state index in [0.29, 0.717) is 18.2 Å². The molecule has 0 saturated heterocycles. The van der Waals surface area contributed by atoms with Crippen LogP contribution in [0.4, 0.5) is 5.69 Å². The van der Waals surface area contributed by atoms with E-state index in [9.17, 15) is 8.42 Å². The summed E-state index contributed by atoms with van der Waals surface area (Å²) < 4.78 is 39.6. The lowest BCUT2D eigenvalue weighted by atomic mass is 9.80. The first-order chi connectivity index (χ1) is 14.9. The van der Waals surface area contributed by atoms with Gasteiger partial charge < -0.3 is 14.4 Å². The lowest BCUT2D eigenvalue weighted by Gasteiger charge is -2.34. The Labute approximate surface area is 184 Å². The molecule has 4 rings (SSSR count). The molecule has 2 aliphatic rings. The van der Waals surface area contributed by atoms with E-state index in [2.05, 4.69) is 26.6 Å². The molecule has 0 aromatic carbocycles. The van der Waals surface area contributed by atoms with E-state index >= 15 is 0 Å². The Bertz CT molecular complexity index is 1020. The highest BCUT2D eigenvalue weighted by atomic mass is 32.2. The standard InChI is InChI=1S/C22H30N4O4S/c1-4-30-17-11-16(12-17)19-6-5-18(14-23-19)31(27,28)25-21-13-15-7-9-26(2)10-8-20(15)24-22(21)29-3/h5-6,13-14,16-17,25H,4,7-12H2,1-3H3/t16-,17-. The smallest absolute Gasteiger partial charge is 0.263 e. The fourth-order valence-electron chi connectivity index (χ4n) is 4.13. The summed E-state index contributed by atoms with van der Waals surface area (Å²) in [5.74, 6) is 0.612. The summed E-state index contributed by atoms with van der Waals surface area (Å²) in [5, 5.41) is 0. The van der Waals surface area contributed by atoms with Gasteiger partial charge in [-0.25, -0.2) is 13.4 Å². The van der Waals surface area contributed by atoms with E-state index in [1.807, 2.05) is 13.0 Å². The van der Waals surface area contributed by atoms with E-state index in [1.165, 1.54) is 13.3 Å². The third kappa shape index (κ3) is 4.83. The van der Waals surface area contributed by atoms with Crippen LogP contribution in [-0.4, -0.2) is 63.2 Å². The van der Waals surface area contributed by atoms with Gasteiger partial charge in [-0.05, 0) is 57.0 Å². The van der Waals surface area contributed by atoms with Gasteiger partial charge in [0.2, 0.25) is 5.88 Å². The molecule has 1 saturated carbocycles. The zero-order valence-electron chi connectivity index (χ0n) is 18.3. The van der Waals surface area contributed by atoms with Crippen LogP contribution in [0.1, 0.15) is 42.6 Å². The van der Waals surface area contributed by atoms with Gasteiger partial charge in [0.15, 0.2) is 0 Å². The molecule has 9 heteroatoms. The van der Waals surface area contributed by atoms with Crippen LogP contribution in [0.2, 0.25) is 0 Å². The summed E-state index contributed by atoms with van der Waals surface area (Å²) in [4.78, 5) is 11.3. The molecule has 1 aliphatic heterocycles. The second-order valence-electron chi connectivity index (χ2n) is 8.22. The summed E-state index contributed by atoms with van der Waals surface area (Å²) in [6, 6.07) is 5.25. The fourth-order valence-corrected chi connectivity index (χ4v) is 5.12. The third-order valence-corrected chi connectivity index (χ3v) is 7.42. The van der Waals surface area contributed by atoms with Crippen LogP contribution in [0, 0.1) is 0 Å². The average molecular weight is 447 g/mol. The molecule has 8 nitrogen and oxygen atoms in total. The predicted molar refractivity (Wildman–Crippen MR) is 118 cm³/mol. The van der Waals surface area contributed by atoms with E-state index in [1.54, 1.807) is 12.1 Å². The summed E-state index contributed by atoms with van der Waals surface area (Å²) in [5.41, 5.74) is 3.27. The Balaban J connectivity index is 1.51. The zero-order chi connectivity index (χ0) is 22.0. The Kier molecular flexibility index (Phi) is 6.45. The molecule has 0 radical (unpaired) electrons. The number of sulfonamides is 1. The SMILES string of the molecule is CCO[C@H]1C[C@H](c2ccc(S(=O)(=O)Nc3cc4c(nc3OC)CCN(C)CC4)cn2)C1. The predicted octanol–water partition coefficient (Wildman–Crippen LogP) is 2.60. The van der Waals surface area contributed by atoms with Crippen molar-refractivity contribution in [3.63, 3.8) is 0 Å². The van der Waals surface area contributed by atoms with E-state index in [4.69, 9.17) is 9.47 Å². The number of anilines is 1. The summed E-state index contributed by atoms with van der Waals surface area (Å²) in [6.45, 7) is 4.53. The van der Waals surface area contributed by atoms with Crippen LogP contribution in [0.3, 0.4) is 0 Å². The van der Waals surface area contributed by atoms with E-state index in [0.717, 1.165) is 55.7 Å². The molecule has 2 aromatic heterocycles. The van der Waals surface area contributed by atoms with Crippen molar-refractivity contribution < 1.29 is 17.9 Å². The number of hydrogen-bond donors (Lipinski definition) is 1. The van der Waals surface area contributed by atoms with Crippen LogP contribution < -0.4 is 9.46 Å². The molecule has 2 aromatic rings. The minimum Gasteiger partial charge on any atom is -0.479 e. The van der Waals surface area contributed by atoms with Gasteiger partial charge in [0.25, 0.3) is 10.0 Å². The van der Waals surface area contributed by atoms with Crippen LogP contribution >= 0.6 is 0 Å². The number of ether oxygens (including phenoxy) is 2. The summed E-state index contributed by atoms with van der Waals surface area (Å²) >= 11 is 0. The second kappa shape index (κ2) is 9.10. The van der Waals surface area contributed by atoms with Gasteiger partial charge >= 0.3 is 0 Å². The van der Waals surface area contributed by atoms with Crippen molar-refractivity contribution in [2.45, 2.75) is 49.5 Å². The highest BCUT2D eigenvalue weighted by molar-refractivity contribution is 7.92. The fraction of sp³-hybridized carbons (Fsp3) is 0.545. The molecule has 0 atom stereocenters. The number of rotatable bonds is 7. The van der Waals surface area contributed by atoms with Crippen molar-refractivity contribution in [1.29, 1.82) is 0 Å². The molecular formula is C22H30N4O4S. The molecule has 1 aliphatic carbocycles. The maximum absolute atomic E-state index is 13.0. The number of fused-ring (bicyclic) bond motifs is 1. The average Bonchev–Trinajstić information content (AvgIpc) is 2.91. The number of methoxy groups -OCH3 is 1. The Morgan fingerprint density at radius 1 is 1.23 bits per heavy atom. The van der Waals surface area contributed by atoms with Crippen molar-refractivity contribution in [3.8, 4) is 5.88 Å². The highest BCUT2D eigenvalue weighted by Crippen LogP contribution is 2.38. The van der Waals surface area contributed by atoms with Crippen LogP contribution in [0.25, 0.3) is 0 Å². The van der Waals surface area contributed by atoms with E-state index < -0.39 is 10.0 Å². The highest BCUT2D eigenvalue weighted by Gasteiger charge is 2.32. The summed E-state index contributed by atoms with van der Waals surface area (Å²) in [6.07, 6.45) is 5.19. The molecule has 31 heavy (non-hydrogen) atoms. The molecule has 0 bridgehead atoms. The van der Waals surface area contributed by atoms with Crippen LogP contribution in [0.15, 0.2) is 29.3 Å². The lowest BCUT2D eigenvalue weighted by molar-refractivity contribution is -0.00403. The number of aromatic nitrogens is 2. The number of likely N-dealkylation sites (N-methyl/N-ethyl adjacent to an activating group) is 1. The van der Waals surface area contributed by atoms with Crippen LogP contribution in [0.5, 0.6) is 5.88 Å². The maximum atomic E-state index is 13.0. The van der Waals surface area contributed by atoms with Gasteiger partial charge in [0.05, 0.1) is 13.2 Å². The van der Waals surface area contributed by atoms with Crippen molar-refractivity contribution in [2.75, 3.05) is 38.6 Å². The third-order valence-electron chi connectivity index (χ3n) is 6.07. The van der Waals surface area contributed by atoms with Crippen molar-refractivity contribution in [3.05, 3.63) is 41.3 Å². The minimum absolute atomic E-state index is 0.119. The summed E-state index contributed by atoms with van der Waals surface area (Å²) in [7, 11) is -0.237. The van der Waals surface area contributed by atoms with Gasteiger partial charge in [-0.1, -0.05) is 0 Å². The number of nitrogens with zero attached hydrogens (tertiary/aromatic N) is 3. The van der Waals surface area contributed by atoms with Gasteiger partial charge in [-0.2, -0.15) is 0 Å². The molecule has 3 heterocycles. The molecule has 0 unspecified atom stereocenters. The Hall–Kier alpha value is -2.23. The van der Waals surface area contributed by atoms with Gasteiger partial charge in [0, 0.05) is 49.6 Å². The Morgan fingerprint density at radius 3 is 2.68 bits per heavy atom. The maximum Gasteiger partial charge on any atom is 0.263 e. The number of nitrogens with one attached hydrogen (secondary N) is 1. The van der Waals surface area contributed by atoms with Crippen molar-refractivity contribution in [1.82, 2.24) is 14.9 Å². The lowest BCUT2D eigenvalue weighted by Crippen LogP contribution is -2.30. The second-order valence-corrected chi connectivity index (χ2v) is 9.91. The molecular weight excluding hydrogens is 416 g/mol. The quantitative estimate of drug-likeness (QED) is 0.699. The molecule has 1 fully saturated rings. The van der Waals surface area contributed by atoms with Crippen molar-refractivity contribution in [2.24, 2.45) is 0 Å². The first-order valence-electron chi connectivity index (χ1n) is 10.7. The molecule has 168 valence electrons. The monoisotopic (exact) mass is 446 g/mol. The van der Waals surface area contributed by atoms with Gasteiger partial charge in [-0.15, -0.1) is 0 Å². The number of pyridine rings is 2.